The normalized spacial score (nSPS) is 11.6. The first-order chi connectivity index (χ1) is 11.0. The molecule has 0 bridgehead atoms. The molecule has 0 heterocycles. The molecule has 0 aliphatic heterocycles. The number of nitro benzene ring substituents is 1. The number of carbonyl (C=O) groups excluding carboxylic acids is 1. The summed E-state index contributed by atoms with van der Waals surface area (Å²) in [6, 6.07) is 13.6. The molecule has 6 nitrogen and oxygen atoms in total. The fourth-order valence-electron chi connectivity index (χ4n) is 2.16. The smallest absolute Gasteiger partial charge is 0.274 e. The summed E-state index contributed by atoms with van der Waals surface area (Å²) < 4.78 is 5.67. The third kappa shape index (κ3) is 4.06. The van der Waals surface area contributed by atoms with E-state index in [0.29, 0.717) is 23.4 Å². The number of nitro groups is 1. The fourth-order valence-corrected chi connectivity index (χ4v) is 2.16. The van der Waals surface area contributed by atoms with Crippen LogP contribution in [-0.4, -0.2) is 16.9 Å². The van der Waals surface area contributed by atoms with Gasteiger partial charge in [-0.3, -0.25) is 14.9 Å². The van der Waals surface area contributed by atoms with Crippen LogP contribution < -0.4 is 10.1 Å². The molecule has 0 fully saturated rings. The van der Waals surface area contributed by atoms with Crippen molar-refractivity contribution in [3.05, 3.63) is 64.2 Å². The zero-order valence-electron chi connectivity index (χ0n) is 13.0. The van der Waals surface area contributed by atoms with Crippen LogP contribution in [0.5, 0.6) is 5.75 Å². The lowest BCUT2D eigenvalue weighted by Gasteiger charge is -2.18. The molecule has 1 N–H and O–H groups in total. The summed E-state index contributed by atoms with van der Waals surface area (Å²) in [4.78, 5) is 22.9. The van der Waals surface area contributed by atoms with Gasteiger partial charge >= 0.3 is 0 Å². The van der Waals surface area contributed by atoms with Crippen molar-refractivity contribution in [3.8, 4) is 5.75 Å². The lowest BCUT2D eigenvalue weighted by Crippen LogP contribution is -2.32. The van der Waals surface area contributed by atoms with E-state index in [4.69, 9.17) is 4.74 Å². The van der Waals surface area contributed by atoms with Gasteiger partial charge in [-0.25, -0.2) is 0 Å². The molecular formula is C17H18N2O4. The molecule has 0 saturated carbocycles. The number of amides is 1. The van der Waals surface area contributed by atoms with Gasteiger partial charge in [-0.15, -0.1) is 0 Å². The topological polar surface area (TPSA) is 81.5 Å². The zero-order valence-corrected chi connectivity index (χ0v) is 13.0. The van der Waals surface area contributed by atoms with Crippen LogP contribution >= 0.6 is 0 Å². The van der Waals surface area contributed by atoms with Crippen molar-refractivity contribution in [2.45, 2.75) is 26.4 Å². The van der Waals surface area contributed by atoms with E-state index in [9.17, 15) is 14.9 Å². The summed E-state index contributed by atoms with van der Waals surface area (Å²) in [5.74, 6) is 0.269. The Morgan fingerprint density at radius 2 is 1.91 bits per heavy atom. The molecule has 0 spiro atoms. The minimum Gasteiger partial charge on any atom is -0.481 e. The van der Waals surface area contributed by atoms with Gasteiger partial charge in [-0.05, 0) is 31.5 Å². The van der Waals surface area contributed by atoms with E-state index in [1.54, 1.807) is 31.2 Å². The van der Waals surface area contributed by atoms with Crippen LogP contribution in [0.3, 0.4) is 0 Å². The molecule has 6 heteroatoms. The predicted molar refractivity (Wildman–Crippen MR) is 87.6 cm³/mol. The third-order valence-electron chi connectivity index (χ3n) is 3.44. The first-order valence-electron chi connectivity index (χ1n) is 7.29. The molecule has 1 atom stereocenters. The molecule has 0 saturated heterocycles. The average molecular weight is 314 g/mol. The number of nitrogens with one attached hydrogen (secondary N) is 1. The molecular weight excluding hydrogens is 296 g/mol. The van der Waals surface area contributed by atoms with E-state index in [2.05, 4.69) is 5.32 Å². The Morgan fingerprint density at radius 3 is 2.52 bits per heavy atom. The van der Waals surface area contributed by atoms with Crippen LogP contribution in [0.25, 0.3) is 0 Å². The van der Waals surface area contributed by atoms with E-state index in [1.165, 1.54) is 6.07 Å². The number of hydrogen-bond donors (Lipinski definition) is 1. The van der Waals surface area contributed by atoms with Crippen LogP contribution in [0.1, 0.15) is 18.9 Å². The summed E-state index contributed by atoms with van der Waals surface area (Å²) in [5.41, 5.74) is 0.805. The molecule has 2 aromatic rings. The van der Waals surface area contributed by atoms with Crippen molar-refractivity contribution < 1.29 is 14.5 Å². The molecule has 0 aliphatic rings. The summed E-state index contributed by atoms with van der Waals surface area (Å²) in [7, 11) is 0. The summed E-state index contributed by atoms with van der Waals surface area (Å²) in [6.07, 6.45) is -0.189. The number of rotatable bonds is 6. The van der Waals surface area contributed by atoms with Gasteiger partial charge in [0, 0.05) is 6.07 Å². The molecule has 120 valence electrons. The number of para-hydroxylation sites is 1. The maximum Gasteiger partial charge on any atom is 0.274 e. The Morgan fingerprint density at radius 1 is 1.22 bits per heavy atom. The summed E-state index contributed by atoms with van der Waals surface area (Å²) >= 11 is 0. The van der Waals surface area contributed by atoms with Crippen LogP contribution in [0.15, 0.2) is 48.5 Å². The van der Waals surface area contributed by atoms with Crippen molar-refractivity contribution in [2.24, 2.45) is 0 Å². The first-order valence-corrected chi connectivity index (χ1v) is 7.29. The minimum atomic E-state index is -0.670. The van der Waals surface area contributed by atoms with E-state index in [1.807, 2.05) is 25.1 Å². The van der Waals surface area contributed by atoms with Crippen molar-refractivity contribution >= 4 is 17.3 Å². The van der Waals surface area contributed by atoms with Gasteiger partial charge in [-0.1, -0.05) is 31.2 Å². The quantitative estimate of drug-likeness (QED) is 0.651. The number of nitrogens with zero attached hydrogens (tertiary/aromatic N) is 1. The van der Waals surface area contributed by atoms with Gasteiger partial charge < -0.3 is 10.1 Å². The second-order valence-corrected chi connectivity index (χ2v) is 5.02. The largest absolute Gasteiger partial charge is 0.481 e. The highest BCUT2D eigenvalue weighted by molar-refractivity contribution is 5.95. The van der Waals surface area contributed by atoms with Crippen LogP contribution in [0.2, 0.25) is 0 Å². The molecule has 1 unspecified atom stereocenters. The molecule has 1 amide bonds. The monoisotopic (exact) mass is 314 g/mol. The molecule has 2 rings (SSSR count). The predicted octanol–water partition coefficient (Wildman–Crippen LogP) is 3.70. The zero-order chi connectivity index (χ0) is 16.8. The van der Waals surface area contributed by atoms with Crippen LogP contribution in [0, 0.1) is 17.0 Å². The van der Waals surface area contributed by atoms with Crippen LogP contribution in [-0.2, 0) is 4.79 Å². The molecule has 2 aromatic carbocycles. The van der Waals surface area contributed by atoms with Crippen molar-refractivity contribution in [1.29, 1.82) is 0 Å². The standard InChI is InChI=1S/C17H18N2O4/c1-3-16(23-13-8-5-4-6-9-13)17(20)18-14-10-7-11-15(12(14)2)19(21)22/h4-11,16H,3H2,1-2H3,(H,18,20). The number of ether oxygens (including phenoxy) is 1. The van der Waals surface area contributed by atoms with Gasteiger partial charge in [0.2, 0.25) is 0 Å². The minimum absolute atomic E-state index is 0.0279. The SMILES string of the molecule is CCC(Oc1ccccc1)C(=O)Nc1cccc([N+](=O)[O-])c1C. The van der Waals surface area contributed by atoms with Crippen molar-refractivity contribution in [2.75, 3.05) is 5.32 Å². The van der Waals surface area contributed by atoms with E-state index in [-0.39, 0.29) is 11.6 Å². The third-order valence-corrected chi connectivity index (χ3v) is 3.44. The maximum atomic E-state index is 12.4. The number of benzene rings is 2. The van der Waals surface area contributed by atoms with Gasteiger partial charge in [0.05, 0.1) is 16.2 Å². The Hall–Kier alpha value is -2.89. The number of anilines is 1. The Labute approximate surface area is 134 Å². The van der Waals surface area contributed by atoms with E-state index < -0.39 is 11.0 Å². The summed E-state index contributed by atoms with van der Waals surface area (Å²) in [5, 5.41) is 13.7. The highest BCUT2D eigenvalue weighted by atomic mass is 16.6. The van der Waals surface area contributed by atoms with Gasteiger partial charge in [-0.2, -0.15) is 0 Å². The van der Waals surface area contributed by atoms with Crippen LogP contribution in [0.4, 0.5) is 11.4 Å². The maximum absolute atomic E-state index is 12.4. The number of hydrogen-bond acceptors (Lipinski definition) is 4. The molecule has 0 aromatic heterocycles. The Kier molecular flexibility index (Phi) is 5.30. The highest BCUT2D eigenvalue weighted by Gasteiger charge is 2.21. The van der Waals surface area contributed by atoms with E-state index in [0.717, 1.165) is 0 Å². The molecule has 0 aliphatic carbocycles. The Balaban J connectivity index is 2.14. The van der Waals surface area contributed by atoms with Gasteiger partial charge in [0.25, 0.3) is 11.6 Å². The van der Waals surface area contributed by atoms with E-state index >= 15 is 0 Å². The molecule has 0 radical (unpaired) electrons. The van der Waals surface area contributed by atoms with Gasteiger partial charge in [0.15, 0.2) is 6.10 Å². The average Bonchev–Trinajstić information content (AvgIpc) is 2.55. The lowest BCUT2D eigenvalue weighted by molar-refractivity contribution is -0.385. The van der Waals surface area contributed by atoms with Gasteiger partial charge in [0.1, 0.15) is 5.75 Å². The van der Waals surface area contributed by atoms with Crippen molar-refractivity contribution in [3.63, 3.8) is 0 Å². The van der Waals surface area contributed by atoms with Crippen molar-refractivity contribution in [1.82, 2.24) is 0 Å². The Bertz CT molecular complexity index is 701. The fraction of sp³-hybridized carbons (Fsp3) is 0.235. The first kappa shape index (κ1) is 16.5. The summed E-state index contributed by atoms with van der Waals surface area (Å²) in [6.45, 7) is 3.44. The second-order valence-electron chi connectivity index (χ2n) is 5.02. The second kappa shape index (κ2) is 7.40. The number of carbonyl (C=O) groups is 1. The highest BCUT2D eigenvalue weighted by Crippen LogP contribution is 2.25. The molecule has 23 heavy (non-hydrogen) atoms. The lowest BCUT2D eigenvalue weighted by atomic mass is 10.1.